The summed E-state index contributed by atoms with van der Waals surface area (Å²) in [7, 11) is 3.21. The number of hydrogen-bond acceptors (Lipinski definition) is 7. The molecule has 1 aliphatic heterocycles. The summed E-state index contributed by atoms with van der Waals surface area (Å²) in [4.78, 5) is 16.0. The average molecular weight is 379 g/mol. The highest BCUT2D eigenvalue weighted by Crippen LogP contribution is 2.34. The van der Waals surface area contributed by atoms with Crippen LogP contribution in [0, 0.1) is 0 Å². The van der Waals surface area contributed by atoms with Gasteiger partial charge in [0.1, 0.15) is 11.6 Å². The Kier molecular flexibility index (Phi) is 5.25. The van der Waals surface area contributed by atoms with E-state index >= 15 is 0 Å². The van der Waals surface area contributed by atoms with Gasteiger partial charge in [-0.25, -0.2) is 9.97 Å². The minimum Gasteiger partial charge on any atom is -0.493 e. The first kappa shape index (κ1) is 18.4. The second kappa shape index (κ2) is 7.98. The van der Waals surface area contributed by atoms with Crippen LogP contribution in [0.1, 0.15) is 36.7 Å². The van der Waals surface area contributed by atoms with Gasteiger partial charge < -0.3 is 15.2 Å². The molecule has 1 fully saturated rings. The van der Waals surface area contributed by atoms with Crippen molar-refractivity contribution in [3.05, 3.63) is 48.0 Å². The molecule has 1 aromatic carbocycles. The molecule has 3 heterocycles. The Hall–Kier alpha value is -2.93. The first-order valence-electron chi connectivity index (χ1n) is 9.51. The quantitative estimate of drug-likeness (QED) is 0.727. The molecular formula is C21H25N5O2. The zero-order chi connectivity index (χ0) is 19.5. The Labute approximate surface area is 164 Å². The van der Waals surface area contributed by atoms with Crippen molar-refractivity contribution in [2.45, 2.75) is 31.8 Å². The normalized spacial score (nSPS) is 17.6. The third kappa shape index (κ3) is 3.57. The van der Waals surface area contributed by atoms with Gasteiger partial charge in [0.25, 0.3) is 0 Å². The van der Waals surface area contributed by atoms with Gasteiger partial charge in [0, 0.05) is 29.9 Å². The Balaban J connectivity index is 1.66. The number of hydrogen-bond donors (Lipinski definition) is 1. The number of benzene rings is 1. The van der Waals surface area contributed by atoms with E-state index in [1.807, 2.05) is 30.6 Å². The van der Waals surface area contributed by atoms with Gasteiger partial charge in [-0.15, -0.1) is 0 Å². The number of aromatic nitrogens is 3. The van der Waals surface area contributed by atoms with Crippen LogP contribution in [0.15, 0.2) is 36.7 Å². The molecule has 2 aromatic heterocycles. The van der Waals surface area contributed by atoms with Crippen LogP contribution in [-0.4, -0.2) is 40.6 Å². The van der Waals surface area contributed by atoms with Gasteiger partial charge >= 0.3 is 0 Å². The maximum Gasteiger partial charge on any atom is 0.162 e. The molecular weight excluding hydrogens is 354 g/mol. The molecule has 2 N–H and O–H groups in total. The highest BCUT2D eigenvalue weighted by molar-refractivity contribution is 5.90. The van der Waals surface area contributed by atoms with Crippen LogP contribution in [0.5, 0.6) is 11.5 Å². The summed E-state index contributed by atoms with van der Waals surface area (Å²) >= 11 is 0. The first-order chi connectivity index (χ1) is 13.7. The standard InChI is InChI=1S/C21H25N5O2/c1-27-18-10-15-16(11-19(18)28-2)24-20(25-21(15)22)13-26-9-4-3-7-17(26)14-6-5-8-23-12-14/h5-6,8,10-12,17H,3-4,7,9,13H2,1-2H3,(H2,22,24,25). The maximum absolute atomic E-state index is 6.25. The van der Waals surface area contributed by atoms with E-state index in [9.17, 15) is 0 Å². The lowest BCUT2D eigenvalue weighted by Crippen LogP contribution is -2.33. The lowest BCUT2D eigenvalue weighted by Gasteiger charge is -2.35. The van der Waals surface area contributed by atoms with Crippen molar-refractivity contribution in [1.82, 2.24) is 19.9 Å². The van der Waals surface area contributed by atoms with Gasteiger partial charge in [-0.05, 0) is 37.1 Å². The summed E-state index contributed by atoms with van der Waals surface area (Å²) in [5, 5.41) is 0.767. The highest BCUT2D eigenvalue weighted by atomic mass is 16.5. The van der Waals surface area contributed by atoms with Gasteiger partial charge in [0.2, 0.25) is 0 Å². The Morgan fingerprint density at radius 3 is 2.71 bits per heavy atom. The molecule has 0 bridgehead atoms. The topological polar surface area (TPSA) is 86.4 Å². The first-order valence-corrected chi connectivity index (χ1v) is 9.51. The molecule has 0 radical (unpaired) electrons. The molecule has 1 atom stereocenters. The Bertz CT molecular complexity index is 964. The number of rotatable bonds is 5. The molecule has 146 valence electrons. The van der Waals surface area contributed by atoms with Gasteiger partial charge in [-0.2, -0.15) is 0 Å². The Morgan fingerprint density at radius 2 is 1.96 bits per heavy atom. The smallest absolute Gasteiger partial charge is 0.162 e. The van der Waals surface area contributed by atoms with E-state index < -0.39 is 0 Å². The van der Waals surface area contributed by atoms with Crippen LogP contribution in [0.3, 0.4) is 0 Å². The summed E-state index contributed by atoms with van der Waals surface area (Å²) in [5.74, 6) is 2.42. The van der Waals surface area contributed by atoms with Crippen molar-refractivity contribution < 1.29 is 9.47 Å². The predicted molar refractivity (Wildman–Crippen MR) is 108 cm³/mol. The third-order valence-electron chi connectivity index (χ3n) is 5.30. The van der Waals surface area contributed by atoms with E-state index in [-0.39, 0.29) is 0 Å². The summed E-state index contributed by atoms with van der Waals surface area (Å²) in [6.07, 6.45) is 7.26. The molecule has 0 aliphatic carbocycles. The number of pyridine rings is 1. The highest BCUT2D eigenvalue weighted by Gasteiger charge is 2.25. The number of anilines is 1. The van der Waals surface area contributed by atoms with Crippen molar-refractivity contribution in [1.29, 1.82) is 0 Å². The van der Waals surface area contributed by atoms with Gasteiger partial charge in [-0.1, -0.05) is 12.5 Å². The number of nitrogens with zero attached hydrogens (tertiary/aromatic N) is 4. The molecule has 7 heteroatoms. The lowest BCUT2D eigenvalue weighted by molar-refractivity contribution is 0.137. The number of likely N-dealkylation sites (tertiary alicyclic amines) is 1. The second-order valence-electron chi connectivity index (χ2n) is 7.02. The number of nitrogen functional groups attached to an aromatic ring is 1. The molecule has 0 spiro atoms. The monoisotopic (exact) mass is 379 g/mol. The van der Waals surface area contributed by atoms with Crippen LogP contribution in [-0.2, 0) is 6.54 Å². The van der Waals surface area contributed by atoms with Crippen LogP contribution in [0.4, 0.5) is 5.82 Å². The van der Waals surface area contributed by atoms with Crippen molar-refractivity contribution >= 4 is 16.7 Å². The molecule has 28 heavy (non-hydrogen) atoms. The molecule has 7 nitrogen and oxygen atoms in total. The minimum atomic E-state index is 0.327. The third-order valence-corrected chi connectivity index (χ3v) is 5.30. The average Bonchev–Trinajstić information content (AvgIpc) is 2.74. The number of methoxy groups -OCH3 is 2. The van der Waals surface area contributed by atoms with Crippen molar-refractivity contribution in [2.75, 3.05) is 26.5 Å². The zero-order valence-electron chi connectivity index (χ0n) is 16.3. The zero-order valence-corrected chi connectivity index (χ0v) is 16.3. The number of nitrogens with two attached hydrogens (primary N) is 1. The van der Waals surface area contributed by atoms with E-state index in [0.717, 1.165) is 23.9 Å². The van der Waals surface area contributed by atoms with Crippen LogP contribution < -0.4 is 15.2 Å². The Morgan fingerprint density at radius 1 is 1.14 bits per heavy atom. The summed E-state index contributed by atoms with van der Waals surface area (Å²) in [6.45, 7) is 1.65. The number of piperidine rings is 1. The second-order valence-corrected chi connectivity index (χ2v) is 7.02. The van der Waals surface area contributed by atoms with Crippen molar-refractivity contribution in [2.24, 2.45) is 0 Å². The SMILES string of the molecule is COc1cc2nc(CN3CCCCC3c3cccnc3)nc(N)c2cc1OC. The van der Waals surface area contributed by atoms with Crippen LogP contribution in [0.2, 0.25) is 0 Å². The largest absolute Gasteiger partial charge is 0.493 e. The molecule has 1 aliphatic rings. The fraction of sp³-hybridized carbons (Fsp3) is 0.381. The van der Waals surface area contributed by atoms with E-state index in [2.05, 4.69) is 20.9 Å². The molecule has 3 aromatic rings. The molecule has 0 amide bonds. The van der Waals surface area contributed by atoms with Crippen molar-refractivity contribution in [3.8, 4) is 11.5 Å². The van der Waals surface area contributed by atoms with Gasteiger partial charge in [-0.3, -0.25) is 9.88 Å². The lowest BCUT2D eigenvalue weighted by atomic mass is 9.96. The maximum atomic E-state index is 6.25. The van der Waals surface area contributed by atoms with E-state index in [1.54, 1.807) is 14.2 Å². The molecule has 0 saturated carbocycles. The van der Waals surface area contributed by atoms with Gasteiger partial charge in [0.05, 0.1) is 26.3 Å². The summed E-state index contributed by atoms with van der Waals surface area (Å²) < 4.78 is 10.8. The van der Waals surface area contributed by atoms with E-state index in [0.29, 0.717) is 35.7 Å². The van der Waals surface area contributed by atoms with E-state index in [1.165, 1.54) is 18.4 Å². The predicted octanol–water partition coefficient (Wildman–Crippen LogP) is 3.35. The molecule has 1 saturated heterocycles. The fourth-order valence-electron chi connectivity index (χ4n) is 3.91. The van der Waals surface area contributed by atoms with Crippen molar-refractivity contribution in [3.63, 3.8) is 0 Å². The van der Waals surface area contributed by atoms with Crippen LogP contribution in [0.25, 0.3) is 10.9 Å². The fourth-order valence-corrected chi connectivity index (χ4v) is 3.91. The number of fused-ring (bicyclic) bond motifs is 1. The van der Waals surface area contributed by atoms with E-state index in [4.69, 9.17) is 20.2 Å². The van der Waals surface area contributed by atoms with Gasteiger partial charge in [0.15, 0.2) is 11.5 Å². The molecule has 1 unspecified atom stereocenters. The van der Waals surface area contributed by atoms with Crippen LogP contribution >= 0.6 is 0 Å². The minimum absolute atomic E-state index is 0.327. The number of ether oxygens (including phenoxy) is 2. The summed E-state index contributed by atoms with van der Waals surface area (Å²) in [5.41, 5.74) is 8.24. The molecule has 4 rings (SSSR count). The summed E-state index contributed by atoms with van der Waals surface area (Å²) in [6, 6.07) is 8.14.